The van der Waals surface area contributed by atoms with E-state index < -0.39 is 5.54 Å². The molecule has 5 aromatic rings. The van der Waals surface area contributed by atoms with Gasteiger partial charge in [0.25, 0.3) is 5.91 Å². The minimum absolute atomic E-state index is 0.162. The molecular weight excluding hydrogens is 550 g/mol. The molecule has 1 amide bonds. The van der Waals surface area contributed by atoms with Crippen LogP contribution in [0.4, 0.5) is 17.2 Å². The first-order valence-electron chi connectivity index (χ1n) is 15.3. The van der Waals surface area contributed by atoms with Gasteiger partial charge in [0.05, 0.1) is 0 Å². The Bertz CT molecular complexity index is 1910. The predicted molar refractivity (Wildman–Crippen MR) is 176 cm³/mol. The Morgan fingerprint density at radius 1 is 0.727 bits per heavy atom. The van der Waals surface area contributed by atoms with E-state index in [-0.39, 0.29) is 11.5 Å². The highest BCUT2D eigenvalue weighted by molar-refractivity contribution is 6.14. The Morgan fingerprint density at radius 2 is 1.32 bits per heavy atom. The van der Waals surface area contributed by atoms with Crippen LogP contribution in [0.25, 0.3) is 11.0 Å². The van der Waals surface area contributed by atoms with Gasteiger partial charge in [0.15, 0.2) is 0 Å². The smallest absolute Gasteiger partial charge is 0.261 e. The summed E-state index contributed by atoms with van der Waals surface area (Å²) in [6, 6.07) is 27.3. The van der Waals surface area contributed by atoms with Crippen molar-refractivity contribution in [2.45, 2.75) is 33.2 Å². The molecule has 7 rings (SSSR count). The summed E-state index contributed by atoms with van der Waals surface area (Å²) in [6.07, 6.45) is 0. The molecule has 3 aromatic carbocycles. The van der Waals surface area contributed by atoms with Gasteiger partial charge in [-0.25, -0.2) is 4.98 Å². The number of carbonyl (C=O) groups is 1. The van der Waals surface area contributed by atoms with Crippen LogP contribution in [0.15, 0.2) is 89.7 Å². The molecule has 0 fully saturated rings. The van der Waals surface area contributed by atoms with Crippen LogP contribution in [0.3, 0.4) is 0 Å². The summed E-state index contributed by atoms with van der Waals surface area (Å²) in [7, 11) is 0. The van der Waals surface area contributed by atoms with Crippen molar-refractivity contribution < 1.29 is 9.53 Å². The maximum atomic E-state index is 14.6. The van der Waals surface area contributed by atoms with Crippen molar-refractivity contribution in [2.75, 3.05) is 40.9 Å². The third-order valence-corrected chi connectivity index (χ3v) is 9.07. The van der Waals surface area contributed by atoms with Crippen molar-refractivity contribution in [1.82, 2.24) is 9.97 Å². The molecule has 44 heavy (non-hydrogen) atoms. The summed E-state index contributed by atoms with van der Waals surface area (Å²) in [5.74, 6) is 1.68. The lowest BCUT2D eigenvalue weighted by Gasteiger charge is -2.44. The normalized spacial score (nSPS) is 14.3. The monoisotopic (exact) mass is 585 g/mol. The highest BCUT2D eigenvalue weighted by Gasteiger charge is 2.57. The maximum Gasteiger partial charge on any atom is 0.261 e. The Kier molecular flexibility index (Phi) is 6.65. The number of aromatic amines is 1. The number of H-pyrrole nitrogens is 1. The lowest BCUT2D eigenvalue weighted by Crippen LogP contribution is -2.48. The molecule has 8 heteroatoms. The van der Waals surface area contributed by atoms with Crippen LogP contribution in [0, 0.1) is 0 Å². The van der Waals surface area contributed by atoms with Crippen molar-refractivity contribution in [2.24, 2.45) is 0 Å². The largest absolute Gasteiger partial charge is 0.456 e. The molecule has 222 valence electrons. The fraction of sp³-hybridized carbons (Fsp3) is 0.250. The zero-order valence-electron chi connectivity index (χ0n) is 25.4. The number of ether oxygens (including phenoxy) is 1. The quantitative estimate of drug-likeness (QED) is 0.230. The lowest BCUT2D eigenvalue weighted by atomic mass is 9.74. The first-order chi connectivity index (χ1) is 21.4. The topological polar surface area (TPSA) is 81.8 Å². The Hall–Kier alpha value is -5.11. The number of anilines is 3. The number of aromatic nitrogens is 2. The van der Waals surface area contributed by atoms with E-state index in [0.29, 0.717) is 28.5 Å². The van der Waals surface area contributed by atoms with Gasteiger partial charge in [0, 0.05) is 83.4 Å². The molecule has 0 radical (unpaired) electrons. The van der Waals surface area contributed by atoms with E-state index in [1.165, 1.54) is 6.07 Å². The number of benzene rings is 3. The Morgan fingerprint density at radius 3 is 1.93 bits per heavy atom. The summed E-state index contributed by atoms with van der Waals surface area (Å²) in [6.45, 7) is 12.0. The molecule has 0 bridgehead atoms. The number of amides is 1. The van der Waals surface area contributed by atoms with E-state index in [1.54, 1.807) is 11.0 Å². The van der Waals surface area contributed by atoms with Gasteiger partial charge in [-0.3, -0.25) is 14.5 Å². The molecule has 0 saturated carbocycles. The highest BCUT2D eigenvalue weighted by Crippen LogP contribution is 2.59. The van der Waals surface area contributed by atoms with Gasteiger partial charge in [0.2, 0.25) is 5.56 Å². The second-order valence-corrected chi connectivity index (χ2v) is 11.1. The average molecular weight is 586 g/mol. The van der Waals surface area contributed by atoms with Gasteiger partial charge in [-0.1, -0.05) is 30.3 Å². The fourth-order valence-electron chi connectivity index (χ4n) is 6.95. The van der Waals surface area contributed by atoms with E-state index >= 15 is 0 Å². The van der Waals surface area contributed by atoms with Crippen LogP contribution in [0.1, 0.15) is 54.7 Å². The molecular formula is C36H35N5O3. The summed E-state index contributed by atoms with van der Waals surface area (Å²) in [4.78, 5) is 40.9. The average Bonchev–Trinajstić information content (AvgIpc) is 3.30. The van der Waals surface area contributed by atoms with Crippen LogP contribution in [0.2, 0.25) is 0 Å². The van der Waals surface area contributed by atoms with Gasteiger partial charge in [0.1, 0.15) is 28.5 Å². The summed E-state index contributed by atoms with van der Waals surface area (Å²) in [5, 5.41) is 0.784. The Labute approximate surface area is 256 Å². The second kappa shape index (κ2) is 10.6. The first-order valence-corrected chi connectivity index (χ1v) is 15.3. The summed E-state index contributed by atoms with van der Waals surface area (Å²) < 4.78 is 6.79. The third-order valence-electron chi connectivity index (χ3n) is 9.07. The molecule has 0 saturated heterocycles. The van der Waals surface area contributed by atoms with Crippen molar-refractivity contribution in [3.8, 4) is 11.5 Å². The van der Waals surface area contributed by atoms with Crippen LogP contribution >= 0.6 is 0 Å². The SMILES string of the molecule is CCN(CC)c1ccc2c(c1)Oc1cc(N(CC)CC)ccc1C21c2ccccc2C(=O)N1c1ccc2ccc(=O)[nH]c2n1. The number of pyridine rings is 2. The van der Waals surface area contributed by atoms with Crippen molar-refractivity contribution in [1.29, 1.82) is 0 Å². The maximum absolute atomic E-state index is 14.6. The Balaban J connectivity index is 1.57. The van der Waals surface area contributed by atoms with Gasteiger partial charge in [-0.15, -0.1) is 0 Å². The minimum Gasteiger partial charge on any atom is -0.456 e. The molecule has 0 aliphatic carbocycles. The van der Waals surface area contributed by atoms with Gasteiger partial charge in [-0.05, 0) is 64.1 Å². The number of hydrogen-bond acceptors (Lipinski definition) is 6. The molecule has 0 atom stereocenters. The summed E-state index contributed by atoms with van der Waals surface area (Å²) in [5.41, 5.74) is 4.42. The molecule has 8 nitrogen and oxygen atoms in total. The number of nitrogens with one attached hydrogen (secondary N) is 1. The standard InChI is InChI=1S/C36H35N5O3/c1-5-39(6-2)24-15-17-28-30(21-24)44-31-22-25(40(7-3)8-4)16-18-29(31)36(28)27-12-10-9-11-26(27)35(43)41(36)32-19-13-23-14-20-33(42)38-34(23)37-32/h9-22H,5-8H2,1-4H3,(H,37,38,42). The van der Waals surface area contributed by atoms with E-state index in [2.05, 4.69) is 78.9 Å². The molecule has 1 N–H and O–H groups in total. The number of rotatable bonds is 7. The van der Waals surface area contributed by atoms with E-state index in [1.807, 2.05) is 36.4 Å². The molecule has 0 unspecified atom stereocenters. The molecule has 4 heterocycles. The van der Waals surface area contributed by atoms with Crippen molar-refractivity contribution >= 4 is 34.1 Å². The lowest BCUT2D eigenvalue weighted by molar-refractivity contribution is 0.0985. The van der Waals surface area contributed by atoms with Crippen LogP contribution in [-0.2, 0) is 5.54 Å². The summed E-state index contributed by atoms with van der Waals surface area (Å²) >= 11 is 0. The minimum atomic E-state index is -1.06. The fourth-order valence-corrected chi connectivity index (χ4v) is 6.95. The van der Waals surface area contributed by atoms with E-state index in [0.717, 1.165) is 59.6 Å². The number of carbonyl (C=O) groups excluding carboxylic acids is 1. The number of hydrogen-bond donors (Lipinski definition) is 1. The van der Waals surface area contributed by atoms with Gasteiger partial charge in [-0.2, -0.15) is 0 Å². The zero-order chi connectivity index (χ0) is 30.6. The molecule has 2 aliphatic heterocycles. The van der Waals surface area contributed by atoms with Crippen molar-refractivity contribution in [3.63, 3.8) is 0 Å². The number of fused-ring (bicyclic) bond motifs is 7. The van der Waals surface area contributed by atoms with Crippen LogP contribution in [0.5, 0.6) is 11.5 Å². The van der Waals surface area contributed by atoms with E-state index in [9.17, 15) is 9.59 Å². The van der Waals surface area contributed by atoms with E-state index in [4.69, 9.17) is 9.72 Å². The highest BCUT2D eigenvalue weighted by atomic mass is 16.5. The van der Waals surface area contributed by atoms with Crippen LogP contribution < -0.4 is 25.0 Å². The molecule has 1 spiro atoms. The molecule has 2 aliphatic rings. The second-order valence-electron chi connectivity index (χ2n) is 11.1. The number of nitrogens with zero attached hydrogens (tertiary/aromatic N) is 4. The molecule has 2 aromatic heterocycles. The van der Waals surface area contributed by atoms with Crippen molar-refractivity contribution in [3.05, 3.63) is 118 Å². The predicted octanol–water partition coefficient (Wildman–Crippen LogP) is 6.67. The van der Waals surface area contributed by atoms with Gasteiger partial charge < -0.3 is 19.5 Å². The van der Waals surface area contributed by atoms with Gasteiger partial charge >= 0.3 is 0 Å². The van der Waals surface area contributed by atoms with Crippen LogP contribution in [-0.4, -0.2) is 42.1 Å². The first kappa shape index (κ1) is 27.7. The zero-order valence-corrected chi connectivity index (χ0v) is 25.4. The third kappa shape index (κ3) is 3.93.